The van der Waals surface area contributed by atoms with Gasteiger partial charge in [0, 0.05) is 0 Å². The first-order chi connectivity index (χ1) is 3.43. The van der Waals surface area contributed by atoms with Gasteiger partial charge in [-0.15, -0.1) is 17.0 Å². The highest BCUT2D eigenvalue weighted by atomic mass is 79.9. The molecule has 3 heteroatoms. The van der Waals surface area contributed by atoms with Crippen LogP contribution in [0.25, 0.3) is 0 Å². The summed E-state index contributed by atoms with van der Waals surface area (Å²) in [4.78, 5) is 0. The molecule has 2 nitrogen and oxygen atoms in total. The summed E-state index contributed by atoms with van der Waals surface area (Å²) < 4.78 is 0. The van der Waals surface area contributed by atoms with Gasteiger partial charge in [0.1, 0.15) is 0 Å². The maximum Gasteiger partial charge on any atom is 0.0953 e. The monoisotopic (exact) mass is 176 g/mol. The first-order valence-electron chi connectivity index (χ1n) is 2.56. The minimum Gasteiger partial charge on any atom is -0.302 e. The zero-order valence-corrected chi connectivity index (χ0v) is 6.27. The SMILES string of the molecule is Br.N#CC1CCCN1. The Hall–Kier alpha value is -0.0700. The summed E-state index contributed by atoms with van der Waals surface area (Å²) in [7, 11) is 0. The standard InChI is InChI=1S/C5H8N2.BrH/c6-4-5-2-1-3-7-5;/h5,7H,1-3H2;1H. The summed E-state index contributed by atoms with van der Waals surface area (Å²) in [6.45, 7) is 1.03. The summed E-state index contributed by atoms with van der Waals surface area (Å²) in [5, 5.41) is 11.3. The van der Waals surface area contributed by atoms with Gasteiger partial charge in [-0.2, -0.15) is 5.26 Å². The van der Waals surface area contributed by atoms with Gasteiger partial charge in [0.05, 0.1) is 12.1 Å². The molecule has 0 aromatic heterocycles. The summed E-state index contributed by atoms with van der Waals surface area (Å²) in [6, 6.07) is 2.31. The van der Waals surface area contributed by atoms with Crippen molar-refractivity contribution >= 4 is 17.0 Å². The third kappa shape index (κ3) is 1.81. The van der Waals surface area contributed by atoms with Crippen LogP contribution in [-0.4, -0.2) is 12.6 Å². The summed E-state index contributed by atoms with van der Waals surface area (Å²) >= 11 is 0. The molecule has 1 atom stereocenters. The molecule has 0 bridgehead atoms. The molecule has 1 saturated heterocycles. The smallest absolute Gasteiger partial charge is 0.0953 e. The van der Waals surface area contributed by atoms with Crippen molar-refractivity contribution in [3.63, 3.8) is 0 Å². The zero-order chi connectivity index (χ0) is 5.11. The largest absolute Gasteiger partial charge is 0.302 e. The number of nitriles is 1. The molecule has 1 aliphatic heterocycles. The van der Waals surface area contributed by atoms with E-state index in [1.165, 1.54) is 0 Å². The van der Waals surface area contributed by atoms with E-state index in [1.807, 2.05) is 0 Å². The van der Waals surface area contributed by atoms with Crippen LogP contribution in [0, 0.1) is 11.3 Å². The van der Waals surface area contributed by atoms with Crippen LogP contribution < -0.4 is 5.32 Å². The summed E-state index contributed by atoms with van der Waals surface area (Å²) in [5.41, 5.74) is 0. The number of nitrogens with one attached hydrogen (secondary N) is 1. The van der Waals surface area contributed by atoms with Crippen LogP contribution >= 0.6 is 17.0 Å². The van der Waals surface area contributed by atoms with E-state index in [4.69, 9.17) is 5.26 Å². The van der Waals surface area contributed by atoms with E-state index in [0.29, 0.717) is 0 Å². The number of hydrogen-bond donors (Lipinski definition) is 1. The molecular weight excluding hydrogens is 168 g/mol. The molecule has 1 heterocycles. The van der Waals surface area contributed by atoms with Crippen molar-refractivity contribution in [3.05, 3.63) is 0 Å². The molecule has 0 amide bonds. The van der Waals surface area contributed by atoms with E-state index in [0.717, 1.165) is 19.4 Å². The molecule has 1 aliphatic rings. The lowest BCUT2D eigenvalue weighted by molar-refractivity contribution is 0.740. The predicted octanol–water partition coefficient (Wildman–Crippen LogP) is 0.840. The van der Waals surface area contributed by atoms with Gasteiger partial charge in [0.2, 0.25) is 0 Å². The van der Waals surface area contributed by atoms with Crippen molar-refractivity contribution in [2.75, 3.05) is 6.54 Å². The Balaban J connectivity index is 0.000000490. The fraction of sp³-hybridized carbons (Fsp3) is 0.800. The van der Waals surface area contributed by atoms with E-state index in [1.54, 1.807) is 0 Å². The maximum atomic E-state index is 8.25. The summed E-state index contributed by atoms with van der Waals surface area (Å²) in [6.07, 6.45) is 2.20. The third-order valence-electron chi connectivity index (χ3n) is 1.22. The zero-order valence-electron chi connectivity index (χ0n) is 4.55. The van der Waals surface area contributed by atoms with Crippen molar-refractivity contribution in [1.82, 2.24) is 5.32 Å². The second kappa shape index (κ2) is 3.88. The van der Waals surface area contributed by atoms with Crippen molar-refractivity contribution in [3.8, 4) is 6.07 Å². The van der Waals surface area contributed by atoms with Crippen molar-refractivity contribution < 1.29 is 0 Å². The molecule has 0 aliphatic carbocycles. The average molecular weight is 177 g/mol. The lowest BCUT2D eigenvalue weighted by Gasteiger charge is -1.91. The Morgan fingerprint density at radius 2 is 2.38 bits per heavy atom. The molecule has 46 valence electrons. The molecule has 1 fully saturated rings. The molecule has 0 aromatic carbocycles. The molecule has 0 aromatic rings. The lowest BCUT2D eigenvalue weighted by Crippen LogP contribution is -2.18. The van der Waals surface area contributed by atoms with Gasteiger partial charge >= 0.3 is 0 Å². The highest BCUT2D eigenvalue weighted by Gasteiger charge is 2.10. The molecule has 1 rings (SSSR count). The Kier molecular flexibility index (Phi) is 3.84. The predicted molar refractivity (Wildman–Crippen MR) is 37.0 cm³/mol. The van der Waals surface area contributed by atoms with Gasteiger partial charge in [-0.25, -0.2) is 0 Å². The van der Waals surface area contributed by atoms with Crippen LogP contribution in [0.2, 0.25) is 0 Å². The molecule has 0 spiro atoms. The van der Waals surface area contributed by atoms with E-state index >= 15 is 0 Å². The normalized spacial score (nSPS) is 26.1. The van der Waals surface area contributed by atoms with Gasteiger partial charge in [-0.05, 0) is 19.4 Å². The molecule has 0 radical (unpaired) electrons. The molecule has 0 saturated carbocycles. The Bertz CT molecular complexity index is 91.1. The van der Waals surface area contributed by atoms with Crippen molar-refractivity contribution in [1.29, 1.82) is 5.26 Å². The first-order valence-corrected chi connectivity index (χ1v) is 2.56. The highest BCUT2D eigenvalue weighted by molar-refractivity contribution is 8.93. The minimum absolute atomic E-state index is 0. The van der Waals surface area contributed by atoms with Crippen LogP contribution in [0.3, 0.4) is 0 Å². The number of rotatable bonds is 0. The number of halogens is 1. The molecular formula is C5H9BrN2. The summed E-state index contributed by atoms with van der Waals surface area (Å²) in [5.74, 6) is 0. The second-order valence-corrected chi connectivity index (χ2v) is 1.78. The Morgan fingerprint density at radius 3 is 2.62 bits per heavy atom. The van der Waals surface area contributed by atoms with Gasteiger partial charge < -0.3 is 5.32 Å². The van der Waals surface area contributed by atoms with Crippen LogP contribution in [0.4, 0.5) is 0 Å². The van der Waals surface area contributed by atoms with Crippen LogP contribution in [0.1, 0.15) is 12.8 Å². The molecule has 1 N–H and O–H groups in total. The van der Waals surface area contributed by atoms with E-state index in [9.17, 15) is 0 Å². The van der Waals surface area contributed by atoms with Crippen LogP contribution in [0.5, 0.6) is 0 Å². The van der Waals surface area contributed by atoms with Gasteiger partial charge in [-0.1, -0.05) is 0 Å². The highest BCUT2D eigenvalue weighted by Crippen LogP contribution is 2.01. The van der Waals surface area contributed by atoms with Crippen LogP contribution in [-0.2, 0) is 0 Å². The quantitative estimate of drug-likeness (QED) is 0.595. The number of hydrogen-bond acceptors (Lipinski definition) is 2. The minimum atomic E-state index is 0. The van der Waals surface area contributed by atoms with Gasteiger partial charge in [-0.3, -0.25) is 0 Å². The third-order valence-corrected chi connectivity index (χ3v) is 1.22. The van der Waals surface area contributed by atoms with E-state index in [2.05, 4.69) is 11.4 Å². The number of nitrogens with zero attached hydrogens (tertiary/aromatic N) is 1. The van der Waals surface area contributed by atoms with Crippen LogP contribution in [0.15, 0.2) is 0 Å². The molecule has 1 unspecified atom stereocenters. The van der Waals surface area contributed by atoms with E-state index in [-0.39, 0.29) is 23.0 Å². The fourth-order valence-corrected chi connectivity index (χ4v) is 0.795. The first kappa shape index (κ1) is 7.93. The van der Waals surface area contributed by atoms with Gasteiger partial charge in [0.15, 0.2) is 0 Å². The van der Waals surface area contributed by atoms with E-state index < -0.39 is 0 Å². The second-order valence-electron chi connectivity index (χ2n) is 1.78. The Morgan fingerprint density at radius 1 is 1.62 bits per heavy atom. The van der Waals surface area contributed by atoms with Gasteiger partial charge in [0.25, 0.3) is 0 Å². The molecule has 8 heavy (non-hydrogen) atoms. The lowest BCUT2D eigenvalue weighted by atomic mass is 10.2. The Labute approximate surface area is 59.6 Å². The van der Waals surface area contributed by atoms with Crippen molar-refractivity contribution in [2.45, 2.75) is 18.9 Å². The topological polar surface area (TPSA) is 35.8 Å². The van der Waals surface area contributed by atoms with Crippen molar-refractivity contribution in [2.24, 2.45) is 0 Å². The average Bonchev–Trinajstić information content (AvgIpc) is 2.14. The maximum absolute atomic E-state index is 8.25. The fourth-order valence-electron chi connectivity index (χ4n) is 0.795.